The number of benzene rings is 1. The molecule has 11 heteroatoms. The molecular weight excluding hydrogens is 454 g/mol. The second-order valence-corrected chi connectivity index (χ2v) is 7.48. The molecule has 7 nitrogen and oxygen atoms in total. The van der Waals surface area contributed by atoms with Gasteiger partial charge in [-0.05, 0) is 47.5 Å². The standard InChI is InChI=1S/C23H15F4N5O2/c24-14-6-13(7-16(8-14)34-23(25,26)27)21-9-19(31-32(21)15-2-1-4-28-10-15)22-18-11-30-20(12-33)17(18)3-5-29-22/h1-10,12,20,30H,11H2. The fourth-order valence-corrected chi connectivity index (χ4v) is 3.93. The lowest BCUT2D eigenvalue weighted by Crippen LogP contribution is -2.17. The second-order valence-electron chi connectivity index (χ2n) is 7.48. The van der Waals surface area contributed by atoms with Gasteiger partial charge in [-0.3, -0.25) is 15.3 Å². The van der Waals surface area contributed by atoms with Crippen LogP contribution in [-0.4, -0.2) is 32.4 Å². The molecule has 3 aromatic heterocycles. The van der Waals surface area contributed by atoms with E-state index in [1.807, 2.05) is 0 Å². The maximum absolute atomic E-state index is 14.3. The van der Waals surface area contributed by atoms with Gasteiger partial charge < -0.3 is 9.53 Å². The van der Waals surface area contributed by atoms with Crippen molar-refractivity contribution in [1.82, 2.24) is 25.1 Å². The number of nitrogens with one attached hydrogen (secondary N) is 1. The van der Waals surface area contributed by atoms with Crippen LogP contribution in [0.15, 0.2) is 61.1 Å². The first-order valence-electron chi connectivity index (χ1n) is 10.1. The van der Waals surface area contributed by atoms with Gasteiger partial charge in [0.1, 0.15) is 23.5 Å². The molecule has 0 radical (unpaired) electrons. The lowest BCUT2D eigenvalue weighted by atomic mass is 10.0. The molecule has 0 amide bonds. The highest BCUT2D eigenvalue weighted by Crippen LogP contribution is 2.35. The van der Waals surface area contributed by atoms with Crippen molar-refractivity contribution in [2.75, 3.05) is 0 Å². The molecule has 0 aliphatic carbocycles. The van der Waals surface area contributed by atoms with Crippen molar-refractivity contribution in [3.8, 4) is 34.1 Å². The predicted octanol–water partition coefficient (Wildman–Crippen LogP) is 4.38. The Morgan fingerprint density at radius 1 is 1.15 bits per heavy atom. The highest BCUT2D eigenvalue weighted by Gasteiger charge is 2.32. The molecular formula is C23H15F4N5O2. The molecule has 0 fully saturated rings. The van der Waals surface area contributed by atoms with Crippen LogP contribution in [0.1, 0.15) is 17.2 Å². The Kier molecular flexibility index (Phi) is 5.33. The van der Waals surface area contributed by atoms with Crippen LogP contribution in [0.5, 0.6) is 5.75 Å². The van der Waals surface area contributed by atoms with Gasteiger partial charge in [-0.25, -0.2) is 9.07 Å². The van der Waals surface area contributed by atoms with Gasteiger partial charge in [-0.2, -0.15) is 5.10 Å². The third kappa shape index (κ3) is 4.13. The van der Waals surface area contributed by atoms with Crippen molar-refractivity contribution in [2.45, 2.75) is 18.9 Å². The van der Waals surface area contributed by atoms with Gasteiger partial charge in [0.15, 0.2) is 0 Å². The highest BCUT2D eigenvalue weighted by atomic mass is 19.4. The molecule has 4 aromatic rings. The van der Waals surface area contributed by atoms with E-state index in [9.17, 15) is 22.4 Å². The summed E-state index contributed by atoms with van der Waals surface area (Å²) in [6.07, 6.45) is 0.444. The third-order valence-electron chi connectivity index (χ3n) is 5.31. The van der Waals surface area contributed by atoms with Gasteiger partial charge in [-0.15, -0.1) is 13.2 Å². The van der Waals surface area contributed by atoms with Crippen LogP contribution >= 0.6 is 0 Å². The molecule has 1 unspecified atom stereocenters. The zero-order valence-corrected chi connectivity index (χ0v) is 17.3. The number of halogens is 4. The molecule has 1 atom stereocenters. The molecule has 172 valence electrons. The first kappa shape index (κ1) is 21.7. The van der Waals surface area contributed by atoms with Crippen LogP contribution < -0.4 is 10.1 Å². The van der Waals surface area contributed by atoms with Crippen molar-refractivity contribution in [1.29, 1.82) is 0 Å². The van der Waals surface area contributed by atoms with Crippen LogP contribution in [0, 0.1) is 5.82 Å². The summed E-state index contributed by atoms with van der Waals surface area (Å²) >= 11 is 0. The van der Waals surface area contributed by atoms with Crippen LogP contribution in [0.4, 0.5) is 17.6 Å². The van der Waals surface area contributed by atoms with Crippen molar-refractivity contribution in [3.63, 3.8) is 0 Å². The minimum absolute atomic E-state index is 0.110. The summed E-state index contributed by atoms with van der Waals surface area (Å²) in [6, 6.07) is 9.05. The Balaban J connectivity index is 1.68. The molecule has 0 spiro atoms. The van der Waals surface area contributed by atoms with Gasteiger partial charge in [0.05, 0.1) is 29.3 Å². The van der Waals surface area contributed by atoms with E-state index < -0.39 is 24.0 Å². The van der Waals surface area contributed by atoms with E-state index in [0.29, 0.717) is 35.4 Å². The lowest BCUT2D eigenvalue weighted by molar-refractivity contribution is -0.274. The normalized spacial score (nSPS) is 15.2. The first-order chi connectivity index (χ1) is 16.3. The average molecular weight is 469 g/mol. The fraction of sp³-hybridized carbons (Fsp3) is 0.130. The highest BCUT2D eigenvalue weighted by molar-refractivity contribution is 5.74. The van der Waals surface area contributed by atoms with Crippen molar-refractivity contribution >= 4 is 6.29 Å². The number of ether oxygens (including phenoxy) is 1. The Morgan fingerprint density at radius 3 is 2.74 bits per heavy atom. The molecule has 34 heavy (non-hydrogen) atoms. The van der Waals surface area contributed by atoms with Gasteiger partial charge in [-0.1, -0.05) is 0 Å². The quantitative estimate of drug-likeness (QED) is 0.345. The smallest absolute Gasteiger partial charge is 0.406 e. The number of aldehydes is 1. The first-order valence-corrected chi connectivity index (χ1v) is 10.1. The topological polar surface area (TPSA) is 81.9 Å². The number of pyridine rings is 2. The maximum Gasteiger partial charge on any atom is 0.573 e. The van der Waals surface area contributed by atoms with E-state index >= 15 is 0 Å². The summed E-state index contributed by atoms with van der Waals surface area (Å²) in [5, 5.41) is 7.68. The summed E-state index contributed by atoms with van der Waals surface area (Å²) in [5.74, 6) is -1.60. The Hall–Kier alpha value is -4.12. The summed E-state index contributed by atoms with van der Waals surface area (Å²) < 4.78 is 57.9. The second kappa shape index (κ2) is 8.34. The van der Waals surface area contributed by atoms with Crippen molar-refractivity contribution in [3.05, 3.63) is 78.0 Å². The average Bonchev–Trinajstić information content (AvgIpc) is 3.42. The van der Waals surface area contributed by atoms with Crippen LogP contribution in [0.3, 0.4) is 0 Å². The monoisotopic (exact) mass is 469 g/mol. The van der Waals surface area contributed by atoms with Crippen LogP contribution in [-0.2, 0) is 11.3 Å². The minimum atomic E-state index is -4.98. The summed E-state index contributed by atoms with van der Waals surface area (Å²) in [7, 11) is 0. The molecule has 1 aliphatic heterocycles. The zero-order valence-electron chi connectivity index (χ0n) is 17.3. The largest absolute Gasteiger partial charge is 0.573 e. The number of aromatic nitrogens is 4. The van der Waals surface area contributed by atoms with Gasteiger partial charge in [0, 0.05) is 30.6 Å². The molecule has 0 saturated carbocycles. The third-order valence-corrected chi connectivity index (χ3v) is 5.31. The molecule has 1 aromatic carbocycles. The summed E-state index contributed by atoms with van der Waals surface area (Å²) in [5.41, 5.74) is 3.35. The number of fused-ring (bicyclic) bond motifs is 1. The number of alkyl halides is 3. The van der Waals surface area contributed by atoms with Gasteiger partial charge >= 0.3 is 6.36 Å². The number of carbonyl (C=O) groups is 1. The number of carbonyl (C=O) groups excluding carboxylic acids is 1. The summed E-state index contributed by atoms with van der Waals surface area (Å²) in [4.78, 5) is 19.9. The van der Waals surface area contributed by atoms with E-state index in [-0.39, 0.29) is 5.56 Å². The number of hydrogen-bond donors (Lipinski definition) is 1. The molecule has 1 aliphatic rings. The Bertz CT molecular complexity index is 1370. The van der Waals surface area contributed by atoms with E-state index in [1.165, 1.54) is 10.9 Å². The minimum Gasteiger partial charge on any atom is -0.406 e. The molecule has 4 heterocycles. The van der Waals surface area contributed by atoms with E-state index in [2.05, 4.69) is 25.1 Å². The van der Waals surface area contributed by atoms with Crippen LogP contribution in [0.25, 0.3) is 28.3 Å². The number of rotatable bonds is 5. The molecule has 1 N–H and O–H groups in total. The number of nitrogens with zero attached hydrogens (tertiary/aromatic N) is 4. The Labute approximate surface area is 190 Å². The van der Waals surface area contributed by atoms with E-state index in [4.69, 9.17) is 0 Å². The maximum atomic E-state index is 14.3. The molecule has 0 saturated heterocycles. The van der Waals surface area contributed by atoms with Gasteiger partial charge in [0.25, 0.3) is 0 Å². The SMILES string of the molecule is O=CC1NCc2c1ccnc2-c1cc(-c2cc(F)cc(OC(F)(F)F)c2)n(-c2cccnc2)n1. The van der Waals surface area contributed by atoms with Crippen molar-refractivity contribution in [2.24, 2.45) is 0 Å². The van der Waals surface area contributed by atoms with Gasteiger partial charge in [0.2, 0.25) is 0 Å². The molecule has 5 rings (SSSR count). The predicted molar refractivity (Wildman–Crippen MR) is 112 cm³/mol. The molecule has 0 bridgehead atoms. The summed E-state index contributed by atoms with van der Waals surface area (Å²) in [6.45, 7) is 0.389. The zero-order chi connectivity index (χ0) is 23.9. The fourth-order valence-electron chi connectivity index (χ4n) is 3.93. The Morgan fingerprint density at radius 2 is 2.00 bits per heavy atom. The van der Waals surface area contributed by atoms with E-state index in [0.717, 1.165) is 29.5 Å². The van der Waals surface area contributed by atoms with Crippen molar-refractivity contribution < 1.29 is 27.1 Å². The number of hydrogen-bond acceptors (Lipinski definition) is 6. The lowest BCUT2D eigenvalue weighted by Gasteiger charge is -2.11. The van der Waals surface area contributed by atoms with E-state index in [1.54, 1.807) is 36.7 Å². The van der Waals surface area contributed by atoms with Crippen LogP contribution in [0.2, 0.25) is 0 Å².